The Bertz CT molecular complexity index is 6590. The first kappa shape index (κ1) is 89.2. The van der Waals surface area contributed by atoms with Crippen LogP contribution in [0.15, 0.2) is 209 Å². The van der Waals surface area contributed by atoms with Crippen LogP contribution in [0.2, 0.25) is 0 Å². The molecule has 0 bridgehead atoms. The number of carbonyl (C=O) groups excluding carboxylic acids is 3. The number of alkyl carbamates (subject to hydrolysis) is 2. The molecule has 0 saturated heterocycles. The summed E-state index contributed by atoms with van der Waals surface area (Å²) >= 11 is 1.43. The van der Waals surface area contributed by atoms with Crippen LogP contribution in [0.4, 0.5) is 42.8 Å². The Morgan fingerprint density at radius 1 is 0.431 bits per heavy atom. The molecule has 30 nitrogen and oxygen atoms in total. The van der Waals surface area contributed by atoms with Crippen LogP contribution >= 0.6 is 11.8 Å². The standard InChI is InChI=1S/C36H42N8O4.C25H25N9.C22H20N6.C8H15NO2S.CH4/c1-21(39-33(45)47-35(3,4)5)37-25-16-18-29-28(19-25)42-32(43(29)9)24-13-11-23(12-14-24)31-41-27-17-15-26(20-30(27)44(31)10)38-22(2)40-34(46)48-36(6,7)8;1-33-20-10-3-14(12-22(26)27)11-19(20)32-24(33)16-6-4-15(5-7-16)23-31-18-9-8-17(30-25(28)29)13-21(18)34(23)2;1-27-19-10-8-15(23)11-18(19)26-22(27)14-5-3-13(4-6-14)21-25-17-9-7-16(24)12-20(17)28(21)2;1-6(12-5)9-7(10)11-8(2,3)4;/h11-20,38H,2H2,1,3-10H3,(H,40,46)(H,37,39,45);3-11,13H,12H2,1-2H3,(H3,26,27)(H4,28,29,30);3-12H,23-24H2,1-2H3;1-5H3;1H4. The molecule has 0 atom stereocenters. The molecule has 15 rings (SSSR count). The Hall–Kier alpha value is -14.6. The van der Waals surface area contributed by atoms with Crippen molar-refractivity contribution in [3.05, 3.63) is 200 Å². The number of thioether (sulfide) groups is 1. The highest BCUT2D eigenvalue weighted by Crippen LogP contribution is 2.35. The van der Waals surface area contributed by atoms with E-state index in [9.17, 15) is 14.4 Å². The smallest absolute Gasteiger partial charge is 0.434 e. The second-order valence-corrected chi connectivity index (χ2v) is 33.2. The molecular formula is C92H106N24O6S. The van der Waals surface area contributed by atoms with Gasteiger partial charge in [-0.25, -0.2) is 54.3 Å². The molecule has 3 amide bonds. The topological polar surface area (TPSA) is 413 Å². The third-order valence-corrected chi connectivity index (χ3v) is 19.8. The molecule has 0 radical (unpaired) electrons. The van der Waals surface area contributed by atoms with Crippen molar-refractivity contribution in [3.8, 4) is 68.3 Å². The molecule has 0 aliphatic rings. The van der Waals surface area contributed by atoms with E-state index in [4.69, 9.17) is 78.2 Å². The van der Waals surface area contributed by atoms with E-state index in [1.165, 1.54) is 11.8 Å². The van der Waals surface area contributed by atoms with Gasteiger partial charge in [-0.1, -0.05) is 92.9 Å². The molecule has 123 heavy (non-hydrogen) atoms. The largest absolute Gasteiger partial charge is 0.444 e. The van der Waals surface area contributed by atoms with Gasteiger partial charge in [-0.15, -0.1) is 11.8 Å². The van der Waals surface area contributed by atoms with Gasteiger partial charge in [0.05, 0.1) is 88.5 Å². The van der Waals surface area contributed by atoms with Gasteiger partial charge in [0, 0.05) is 99.1 Å². The van der Waals surface area contributed by atoms with Crippen LogP contribution in [-0.4, -0.2) is 121 Å². The predicted octanol–water partition coefficient (Wildman–Crippen LogP) is 18.3. The van der Waals surface area contributed by atoms with E-state index < -0.39 is 35.1 Å². The van der Waals surface area contributed by atoms with Crippen molar-refractivity contribution in [3.63, 3.8) is 0 Å². The maximum atomic E-state index is 12.1. The number of fused-ring (bicyclic) bond motifs is 6. The third kappa shape index (κ3) is 21.7. The summed E-state index contributed by atoms with van der Waals surface area (Å²) in [7, 11) is 11.9. The maximum absolute atomic E-state index is 12.1. The summed E-state index contributed by atoms with van der Waals surface area (Å²) in [6.45, 7) is 23.6. The summed E-state index contributed by atoms with van der Waals surface area (Å²) in [5.41, 5.74) is 48.4. The average molecular weight is 1680 g/mol. The number of aliphatic imine (C=N–C) groups is 3. The first-order valence-electron chi connectivity index (χ1n) is 39.0. The lowest BCUT2D eigenvalue weighted by molar-refractivity contribution is 0.0540. The quantitative estimate of drug-likeness (QED) is 0.0224. The highest BCUT2D eigenvalue weighted by atomic mass is 32.2. The molecular weight excluding hydrogens is 1570 g/mol. The van der Waals surface area contributed by atoms with Crippen LogP contribution in [0, 0.1) is 5.41 Å². The molecule has 0 fully saturated rings. The summed E-state index contributed by atoms with van der Waals surface area (Å²) in [5.74, 6) is 6.04. The SMILES string of the molecule is C.C=C(NC(=O)OC(C)(C)C)Nc1ccc2nc(-c3ccc(-c4nc5cc(N=C(C)NC(=O)OC(C)(C)C)ccc5n4C)cc3)n(C)c2c1.CSC(C)=NC(=O)OC(C)(C)C.Cn1c(-c2ccc(-c3nc4ccc(N)cc4n3C)cc2)nc2cc(N)ccc21.Cn1c(-c2ccc(-c3nc4ccc(N=C(N)N)cc4n3C)cc2)nc2cc(CC(=N)N)ccc21. The first-order valence-corrected chi connectivity index (χ1v) is 40.2. The van der Waals surface area contributed by atoms with E-state index in [2.05, 4.69) is 87.6 Å². The number of ether oxygens (including phenoxy) is 3. The van der Waals surface area contributed by atoms with Crippen LogP contribution in [0.1, 0.15) is 89.2 Å². The molecule has 31 heteroatoms. The molecule has 6 heterocycles. The number of nitrogens with zero attached hydrogens (tertiary/aromatic N) is 15. The van der Waals surface area contributed by atoms with Gasteiger partial charge in [0.25, 0.3) is 0 Å². The number of rotatable bonds is 13. The number of anilines is 3. The number of imidazole rings is 6. The highest BCUT2D eigenvalue weighted by molar-refractivity contribution is 8.13. The number of hydrogen-bond acceptors (Lipinski definition) is 19. The monoisotopic (exact) mass is 1670 g/mol. The average Bonchev–Trinajstić information content (AvgIpc) is 1.64. The normalized spacial score (nSPS) is 11.8. The van der Waals surface area contributed by atoms with Crippen LogP contribution in [0.25, 0.3) is 135 Å². The first-order chi connectivity index (χ1) is 57.6. The fourth-order valence-electron chi connectivity index (χ4n) is 13.5. The molecule has 0 aliphatic heterocycles. The number of aryl methyl sites for hydroxylation is 6. The molecule has 15 aromatic rings. The Balaban J connectivity index is 0.000000172. The van der Waals surface area contributed by atoms with E-state index in [-0.39, 0.29) is 19.2 Å². The second-order valence-electron chi connectivity index (χ2n) is 32.2. The molecule has 14 N–H and O–H groups in total. The zero-order valence-electron chi connectivity index (χ0n) is 71.7. The van der Waals surface area contributed by atoms with Crippen molar-refractivity contribution in [2.75, 3.05) is 23.0 Å². The van der Waals surface area contributed by atoms with Gasteiger partial charge in [-0.3, -0.25) is 16.0 Å². The van der Waals surface area contributed by atoms with Gasteiger partial charge in [0.1, 0.15) is 63.4 Å². The maximum Gasteiger partial charge on any atom is 0.434 e. The van der Waals surface area contributed by atoms with E-state index in [0.29, 0.717) is 34.5 Å². The summed E-state index contributed by atoms with van der Waals surface area (Å²) < 4.78 is 27.9. The lowest BCUT2D eigenvalue weighted by atomic mass is 10.1. The predicted molar refractivity (Wildman–Crippen MR) is 501 cm³/mol. The minimum atomic E-state index is -0.610. The Kier molecular flexibility index (Phi) is 26.5. The van der Waals surface area contributed by atoms with Crippen LogP contribution in [-0.2, 0) is 62.9 Å². The minimum absolute atomic E-state index is 0. The van der Waals surface area contributed by atoms with Crippen LogP contribution < -0.4 is 44.6 Å². The van der Waals surface area contributed by atoms with Gasteiger partial charge in [-0.2, -0.15) is 4.99 Å². The van der Waals surface area contributed by atoms with Gasteiger partial charge < -0.3 is 75.6 Å². The minimum Gasteiger partial charge on any atom is -0.444 e. The van der Waals surface area contributed by atoms with Gasteiger partial charge in [0.2, 0.25) is 0 Å². The Labute approximate surface area is 717 Å². The summed E-state index contributed by atoms with van der Waals surface area (Å²) in [6, 6.07) is 59.4. The van der Waals surface area contributed by atoms with Crippen molar-refractivity contribution >= 4 is 147 Å². The number of benzene rings is 9. The van der Waals surface area contributed by atoms with E-state index in [1.807, 2.05) is 249 Å². The fraction of sp³-hybridized carbons (Fsp3) is 0.250. The number of amidine groups is 2. The summed E-state index contributed by atoms with van der Waals surface area (Å²) in [4.78, 5) is 76.5. The molecule has 6 aromatic heterocycles. The Morgan fingerprint density at radius 3 is 1.22 bits per heavy atom. The number of nitrogens with two attached hydrogens (primary N) is 5. The Morgan fingerprint density at radius 2 is 0.780 bits per heavy atom. The molecule has 0 aliphatic carbocycles. The van der Waals surface area contributed by atoms with E-state index in [1.54, 1.807) is 34.6 Å². The lowest BCUT2D eigenvalue weighted by Crippen LogP contribution is -2.35. The number of nitrogens with one attached hydrogen (secondary N) is 4. The molecule has 636 valence electrons. The van der Waals surface area contributed by atoms with Crippen molar-refractivity contribution < 1.29 is 28.6 Å². The summed E-state index contributed by atoms with van der Waals surface area (Å²) in [6.07, 6.45) is 0.634. The van der Waals surface area contributed by atoms with Crippen LogP contribution in [0.3, 0.4) is 0 Å². The van der Waals surface area contributed by atoms with Gasteiger partial charge >= 0.3 is 18.3 Å². The molecule has 9 aromatic carbocycles. The van der Waals surface area contributed by atoms with E-state index in [0.717, 1.165) is 157 Å². The number of aromatic nitrogens is 12. The summed E-state index contributed by atoms with van der Waals surface area (Å²) in [5, 5.41) is 16.6. The van der Waals surface area contributed by atoms with Crippen molar-refractivity contribution in [2.24, 2.45) is 74.5 Å². The third-order valence-electron chi connectivity index (χ3n) is 19.1. The van der Waals surface area contributed by atoms with Gasteiger partial charge in [0.15, 0.2) is 5.96 Å². The molecule has 0 spiro atoms. The van der Waals surface area contributed by atoms with Gasteiger partial charge in [-0.05, 0) is 191 Å². The fourth-order valence-corrected chi connectivity index (χ4v) is 13.7. The number of nitrogen functional groups attached to an aromatic ring is 2. The van der Waals surface area contributed by atoms with Crippen molar-refractivity contribution in [1.82, 2.24) is 67.9 Å². The number of amides is 3. The number of carbonyl (C=O) groups is 3. The highest BCUT2D eigenvalue weighted by Gasteiger charge is 2.23. The molecule has 0 unspecified atom stereocenters. The number of guanidine groups is 1. The lowest BCUT2D eigenvalue weighted by Gasteiger charge is -2.20. The molecule has 0 saturated carbocycles. The van der Waals surface area contributed by atoms with Crippen molar-refractivity contribution in [2.45, 2.75) is 107 Å². The van der Waals surface area contributed by atoms with Crippen molar-refractivity contribution in [1.29, 1.82) is 5.41 Å². The second kappa shape index (κ2) is 36.5. The zero-order valence-corrected chi connectivity index (χ0v) is 72.5. The zero-order chi connectivity index (χ0) is 88.1. The number of hydrogen-bond donors (Lipinski definition) is 9. The van der Waals surface area contributed by atoms with Crippen LogP contribution in [0.5, 0.6) is 0 Å². The van der Waals surface area contributed by atoms with E-state index >= 15 is 0 Å².